The van der Waals surface area contributed by atoms with Gasteiger partial charge in [-0.05, 0) is 54.6 Å². The number of Topliss-reactive ketones (excluding diaryl/α,β-unsaturated/α-hetero) is 1. The highest BCUT2D eigenvalue weighted by Crippen LogP contribution is 2.29. The molecule has 0 spiro atoms. The molecule has 0 fully saturated rings. The topological polar surface area (TPSA) is 119 Å². The first kappa shape index (κ1) is 23.1. The number of phenols is 1. The number of hydrogen-bond donors (Lipinski definition) is 2. The number of ketones is 1. The molecule has 0 unspecified atom stereocenters. The summed E-state index contributed by atoms with van der Waals surface area (Å²) in [7, 11) is 1.48. The summed E-state index contributed by atoms with van der Waals surface area (Å²) in [5.41, 5.74) is 1.72. The summed E-state index contributed by atoms with van der Waals surface area (Å²) in [4.78, 5) is 24.2. The van der Waals surface area contributed by atoms with Crippen LogP contribution in [0.1, 0.15) is 23.0 Å². The molecule has 0 atom stereocenters. The van der Waals surface area contributed by atoms with Crippen LogP contribution in [-0.4, -0.2) is 44.4 Å². The zero-order chi connectivity index (χ0) is 24.1. The van der Waals surface area contributed by atoms with Gasteiger partial charge in [-0.15, -0.1) is 10.2 Å². The summed E-state index contributed by atoms with van der Waals surface area (Å²) in [6.07, 6.45) is 1.59. The Bertz CT molecular complexity index is 1300. The fourth-order valence-corrected chi connectivity index (χ4v) is 4.12. The van der Waals surface area contributed by atoms with Gasteiger partial charge in [-0.3, -0.25) is 14.2 Å². The average Bonchev–Trinajstić information content (AvgIpc) is 3.48. The second-order valence-corrected chi connectivity index (χ2v) is 8.27. The van der Waals surface area contributed by atoms with Crippen LogP contribution in [-0.2, 0) is 11.3 Å². The van der Waals surface area contributed by atoms with Crippen molar-refractivity contribution in [1.82, 2.24) is 14.8 Å². The number of carbonyl (C=O) groups excluding carboxylic acids is 2. The van der Waals surface area contributed by atoms with Crippen LogP contribution in [0.3, 0.4) is 0 Å². The maximum atomic E-state index is 12.9. The Hall–Kier alpha value is -4.05. The normalized spacial score (nSPS) is 10.8. The molecule has 2 aromatic carbocycles. The fraction of sp³-hybridized carbons (Fsp3) is 0.167. The van der Waals surface area contributed by atoms with Crippen LogP contribution in [0.2, 0.25) is 0 Å². The van der Waals surface area contributed by atoms with Crippen molar-refractivity contribution in [2.75, 3.05) is 18.2 Å². The third-order valence-electron chi connectivity index (χ3n) is 4.90. The highest BCUT2D eigenvalue weighted by Gasteiger charge is 2.18. The van der Waals surface area contributed by atoms with Gasteiger partial charge >= 0.3 is 0 Å². The van der Waals surface area contributed by atoms with Gasteiger partial charge in [0.05, 0.1) is 31.4 Å². The number of nitrogens with zero attached hydrogens (tertiary/aromatic N) is 3. The first-order chi connectivity index (χ1) is 16.4. The molecule has 34 heavy (non-hydrogen) atoms. The first-order valence-corrected chi connectivity index (χ1v) is 11.3. The summed E-state index contributed by atoms with van der Waals surface area (Å²) in [5.74, 6) is 1.63. The average molecular weight is 479 g/mol. The minimum atomic E-state index is -0.228. The number of hydrogen-bond acceptors (Lipinski definition) is 8. The fourth-order valence-electron chi connectivity index (χ4n) is 3.29. The van der Waals surface area contributed by atoms with E-state index in [1.807, 2.05) is 10.6 Å². The molecule has 2 aromatic heterocycles. The second-order valence-electron chi connectivity index (χ2n) is 7.33. The lowest BCUT2D eigenvalue weighted by Gasteiger charge is -2.11. The quantitative estimate of drug-likeness (QED) is 0.271. The highest BCUT2D eigenvalue weighted by atomic mass is 32.2. The summed E-state index contributed by atoms with van der Waals surface area (Å²) >= 11 is 1.26. The van der Waals surface area contributed by atoms with Gasteiger partial charge in [0.2, 0.25) is 5.91 Å². The Morgan fingerprint density at radius 1 is 1.15 bits per heavy atom. The number of phenolic OH excluding ortho intramolecular Hbond substituents is 1. The lowest BCUT2D eigenvalue weighted by Crippen LogP contribution is -2.09. The van der Waals surface area contributed by atoms with Crippen molar-refractivity contribution in [2.24, 2.45) is 0 Å². The number of thioether (sulfide) groups is 1. The number of rotatable bonds is 9. The van der Waals surface area contributed by atoms with Crippen molar-refractivity contribution in [3.8, 4) is 22.9 Å². The van der Waals surface area contributed by atoms with Crippen molar-refractivity contribution >= 4 is 29.1 Å². The van der Waals surface area contributed by atoms with E-state index in [1.54, 1.807) is 54.8 Å². The van der Waals surface area contributed by atoms with E-state index >= 15 is 0 Å². The number of amides is 1. The lowest BCUT2D eigenvalue weighted by atomic mass is 10.1. The van der Waals surface area contributed by atoms with E-state index in [0.29, 0.717) is 40.3 Å². The molecular weight excluding hydrogens is 456 g/mol. The summed E-state index contributed by atoms with van der Waals surface area (Å²) in [5, 5.41) is 21.4. The smallest absolute Gasteiger partial charge is 0.221 e. The number of aromatic nitrogens is 3. The lowest BCUT2D eigenvalue weighted by molar-refractivity contribution is -0.114. The molecule has 2 N–H and O–H groups in total. The van der Waals surface area contributed by atoms with Gasteiger partial charge in [-0.25, -0.2) is 0 Å². The maximum Gasteiger partial charge on any atom is 0.221 e. The van der Waals surface area contributed by atoms with Gasteiger partial charge in [0.1, 0.15) is 17.3 Å². The predicted octanol–water partition coefficient (Wildman–Crippen LogP) is 4.23. The minimum Gasteiger partial charge on any atom is -0.508 e. The molecule has 0 saturated heterocycles. The van der Waals surface area contributed by atoms with Crippen LogP contribution in [0.5, 0.6) is 11.5 Å². The van der Waals surface area contributed by atoms with Crippen LogP contribution in [0.15, 0.2) is 70.4 Å². The number of anilines is 1. The zero-order valence-electron chi connectivity index (χ0n) is 18.5. The van der Waals surface area contributed by atoms with Crippen molar-refractivity contribution in [1.29, 1.82) is 0 Å². The summed E-state index contributed by atoms with van der Waals surface area (Å²) in [6.45, 7) is 1.78. The maximum absolute atomic E-state index is 12.9. The second kappa shape index (κ2) is 10.3. The molecule has 0 saturated carbocycles. The Kier molecular flexibility index (Phi) is 6.98. The molecule has 0 aliphatic rings. The summed E-state index contributed by atoms with van der Waals surface area (Å²) in [6, 6.07) is 15.2. The Labute approximate surface area is 199 Å². The third-order valence-corrected chi connectivity index (χ3v) is 5.87. The predicted molar refractivity (Wildman–Crippen MR) is 127 cm³/mol. The molecule has 0 radical (unpaired) electrons. The number of benzene rings is 2. The first-order valence-electron chi connectivity index (χ1n) is 10.3. The van der Waals surface area contributed by atoms with E-state index in [9.17, 15) is 14.7 Å². The Morgan fingerprint density at radius 2 is 1.94 bits per heavy atom. The minimum absolute atomic E-state index is 0.120. The van der Waals surface area contributed by atoms with E-state index in [4.69, 9.17) is 9.15 Å². The van der Waals surface area contributed by atoms with Gasteiger partial charge in [0.15, 0.2) is 16.8 Å². The zero-order valence-corrected chi connectivity index (χ0v) is 19.3. The molecule has 0 aliphatic carbocycles. The van der Waals surface area contributed by atoms with Crippen LogP contribution < -0.4 is 10.1 Å². The molecule has 4 aromatic rings. The number of carbonyl (C=O) groups is 2. The monoisotopic (exact) mass is 478 g/mol. The SMILES string of the molecule is COc1cc(C(=O)CSc2nnc(-c3ccc(O)cc3)n2Cc2ccco2)ccc1NC(C)=O. The highest BCUT2D eigenvalue weighted by molar-refractivity contribution is 7.99. The molecular formula is C24H22N4O5S. The number of methoxy groups -OCH3 is 1. The van der Waals surface area contributed by atoms with E-state index in [1.165, 1.54) is 25.8 Å². The van der Waals surface area contributed by atoms with E-state index in [0.717, 1.165) is 5.56 Å². The van der Waals surface area contributed by atoms with Gasteiger partial charge in [0, 0.05) is 18.1 Å². The van der Waals surface area contributed by atoms with Crippen molar-refractivity contribution < 1.29 is 23.8 Å². The molecule has 0 aliphatic heterocycles. The van der Waals surface area contributed by atoms with Crippen LogP contribution in [0.25, 0.3) is 11.4 Å². The van der Waals surface area contributed by atoms with E-state index in [-0.39, 0.29) is 23.2 Å². The Balaban J connectivity index is 1.56. The molecule has 2 heterocycles. The van der Waals surface area contributed by atoms with Crippen LogP contribution in [0.4, 0.5) is 5.69 Å². The largest absolute Gasteiger partial charge is 0.508 e. The molecule has 9 nitrogen and oxygen atoms in total. The van der Waals surface area contributed by atoms with Crippen molar-refractivity contribution in [3.63, 3.8) is 0 Å². The standard InChI is InChI=1S/C24H22N4O5S/c1-15(29)25-20-10-7-17(12-22(20)32-2)21(31)14-34-24-27-26-23(16-5-8-18(30)9-6-16)28(24)13-19-4-3-11-33-19/h3-12,30H,13-14H2,1-2H3,(H,25,29). The van der Waals surface area contributed by atoms with Gasteiger partial charge in [0.25, 0.3) is 0 Å². The third kappa shape index (κ3) is 5.29. The Morgan fingerprint density at radius 3 is 2.62 bits per heavy atom. The molecule has 4 rings (SSSR count). The van der Waals surface area contributed by atoms with E-state index in [2.05, 4.69) is 15.5 Å². The van der Waals surface area contributed by atoms with Crippen LogP contribution >= 0.6 is 11.8 Å². The number of aromatic hydroxyl groups is 1. The number of furan rings is 1. The molecule has 174 valence electrons. The number of ether oxygens (including phenoxy) is 1. The molecule has 10 heteroatoms. The molecule has 1 amide bonds. The van der Waals surface area contributed by atoms with E-state index < -0.39 is 0 Å². The molecule has 0 bridgehead atoms. The van der Waals surface area contributed by atoms with Gasteiger partial charge in [-0.1, -0.05) is 11.8 Å². The van der Waals surface area contributed by atoms with Gasteiger partial charge < -0.3 is 19.6 Å². The van der Waals surface area contributed by atoms with Crippen LogP contribution in [0, 0.1) is 0 Å². The van der Waals surface area contributed by atoms with Crippen molar-refractivity contribution in [3.05, 3.63) is 72.2 Å². The van der Waals surface area contributed by atoms with Gasteiger partial charge in [-0.2, -0.15) is 0 Å². The summed E-state index contributed by atoms with van der Waals surface area (Å²) < 4.78 is 12.7. The number of nitrogens with one attached hydrogen (secondary N) is 1. The van der Waals surface area contributed by atoms with Crippen molar-refractivity contribution in [2.45, 2.75) is 18.6 Å².